The summed E-state index contributed by atoms with van der Waals surface area (Å²) in [5.74, 6) is -0.772. The van der Waals surface area contributed by atoms with Crippen LogP contribution in [0.15, 0.2) is 0 Å². The molecule has 1 fully saturated rings. The summed E-state index contributed by atoms with van der Waals surface area (Å²) in [5, 5.41) is 0. The molecule has 0 aromatic rings. The number of primary amides is 1. The van der Waals surface area contributed by atoms with Crippen molar-refractivity contribution in [2.24, 2.45) is 11.5 Å². The number of carbonyl (C=O) groups is 2. The van der Waals surface area contributed by atoms with Gasteiger partial charge in [0.25, 0.3) is 0 Å². The van der Waals surface area contributed by atoms with Crippen LogP contribution in [-0.2, 0) is 14.3 Å². The highest BCUT2D eigenvalue weighted by molar-refractivity contribution is 5.87. The molecule has 0 aromatic carbocycles. The van der Waals surface area contributed by atoms with Gasteiger partial charge >= 0.3 is 0 Å². The molecule has 1 saturated heterocycles. The third-order valence-electron chi connectivity index (χ3n) is 2.96. The van der Waals surface area contributed by atoms with E-state index in [2.05, 4.69) is 0 Å². The summed E-state index contributed by atoms with van der Waals surface area (Å²) in [4.78, 5) is 24.6. The molecule has 1 aliphatic heterocycles. The number of carbonyl (C=O) groups excluding carboxylic acids is 2. The minimum atomic E-state index is -0.841. The molecule has 3 unspecified atom stereocenters. The van der Waals surface area contributed by atoms with Gasteiger partial charge in [0.05, 0.1) is 31.2 Å². The number of rotatable bonds is 4. The predicted molar refractivity (Wildman–Crippen MR) is 63.0 cm³/mol. The first-order valence-corrected chi connectivity index (χ1v) is 5.91. The molecule has 4 N–H and O–H groups in total. The van der Waals surface area contributed by atoms with Crippen molar-refractivity contribution >= 4 is 11.8 Å². The Balaban J connectivity index is 2.66. The number of amides is 2. The first-order chi connectivity index (χ1) is 7.95. The molecular weight excluding hydrogens is 222 g/mol. The highest BCUT2D eigenvalue weighted by atomic mass is 16.5. The standard InChI is InChI=1S/C11H21N3O3/c1-3-8-6-17-7(2)5-14(8)11(16)9(12)4-10(13)15/h7-9H,3-6,12H2,1-2H3,(H2,13,15). The molecule has 0 radical (unpaired) electrons. The Labute approximate surface area is 101 Å². The summed E-state index contributed by atoms with van der Waals surface area (Å²) in [7, 11) is 0. The van der Waals surface area contributed by atoms with Gasteiger partial charge in [0, 0.05) is 6.54 Å². The van der Waals surface area contributed by atoms with E-state index < -0.39 is 11.9 Å². The number of nitrogens with zero attached hydrogens (tertiary/aromatic N) is 1. The molecule has 2 amide bonds. The van der Waals surface area contributed by atoms with Crippen LogP contribution >= 0.6 is 0 Å². The van der Waals surface area contributed by atoms with Gasteiger partial charge in [0.2, 0.25) is 11.8 Å². The second-order valence-corrected chi connectivity index (χ2v) is 4.47. The fourth-order valence-corrected chi connectivity index (χ4v) is 1.97. The zero-order valence-electron chi connectivity index (χ0n) is 10.4. The fraction of sp³-hybridized carbons (Fsp3) is 0.818. The van der Waals surface area contributed by atoms with Gasteiger partial charge in [-0.15, -0.1) is 0 Å². The average Bonchev–Trinajstić information content (AvgIpc) is 2.27. The molecule has 6 heteroatoms. The minimum absolute atomic E-state index is 0.00234. The first kappa shape index (κ1) is 13.9. The molecule has 1 rings (SSSR count). The summed E-state index contributed by atoms with van der Waals surface area (Å²) in [6.45, 7) is 4.94. The van der Waals surface area contributed by atoms with Crippen LogP contribution in [0.1, 0.15) is 26.7 Å². The second kappa shape index (κ2) is 5.97. The van der Waals surface area contributed by atoms with Gasteiger partial charge in [-0.3, -0.25) is 9.59 Å². The number of morpholine rings is 1. The Morgan fingerprint density at radius 1 is 1.53 bits per heavy atom. The SMILES string of the molecule is CCC1COC(C)CN1C(=O)C(N)CC(N)=O. The van der Waals surface area contributed by atoms with Crippen LogP contribution < -0.4 is 11.5 Å². The van der Waals surface area contributed by atoms with Gasteiger partial charge in [0.1, 0.15) is 0 Å². The molecule has 1 heterocycles. The summed E-state index contributed by atoms with van der Waals surface area (Å²) >= 11 is 0. The first-order valence-electron chi connectivity index (χ1n) is 5.91. The lowest BCUT2D eigenvalue weighted by atomic mass is 10.1. The van der Waals surface area contributed by atoms with Crippen molar-refractivity contribution in [2.45, 2.75) is 44.9 Å². The van der Waals surface area contributed by atoms with E-state index in [1.54, 1.807) is 4.90 Å². The molecular formula is C11H21N3O3. The molecule has 0 spiro atoms. The van der Waals surface area contributed by atoms with Crippen molar-refractivity contribution in [3.05, 3.63) is 0 Å². The highest BCUT2D eigenvalue weighted by Crippen LogP contribution is 2.15. The fourth-order valence-electron chi connectivity index (χ4n) is 1.97. The maximum absolute atomic E-state index is 12.1. The lowest BCUT2D eigenvalue weighted by Gasteiger charge is -2.39. The van der Waals surface area contributed by atoms with Crippen molar-refractivity contribution in [2.75, 3.05) is 13.2 Å². The van der Waals surface area contributed by atoms with Crippen LogP contribution in [0.2, 0.25) is 0 Å². The maximum Gasteiger partial charge on any atom is 0.240 e. The van der Waals surface area contributed by atoms with Gasteiger partial charge in [0.15, 0.2) is 0 Å². The van der Waals surface area contributed by atoms with Crippen molar-refractivity contribution in [3.8, 4) is 0 Å². The van der Waals surface area contributed by atoms with Crippen LogP contribution in [0.25, 0.3) is 0 Å². The Hall–Kier alpha value is -1.14. The maximum atomic E-state index is 12.1. The van der Waals surface area contributed by atoms with E-state index in [9.17, 15) is 9.59 Å². The normalized spacial score (nSPS) is 26.6. The molecule has 17 heavy (non-hydrogen) atoms. The van der Waals surface area contributed by atoms with E-state index in [1.165, 1.54) is 0 Å². The van der Waals surface area contributed by atoms with E-state index in [0.29, 0.717) is 13.2 Å². The number of hydrogen-bond acceptors (Lipinski definition) is 4. The van der Waals surface area contributed by atoms with Crippen molar-refractivity contribution in [1.82, 2.24) is 4.90 Å². The van der Waals surface area contributed by atoms with Crippen molar-refractivity contribution in [3.63, 3.8) is 0 Å². The van der Waals surface area contributed by atoms with Gasteiger partial charge in [-0.25, -0.2) is 0 Å². The summed E-state index contributed by atoms with van der Waals surface area (Å²) < 4.78 is 5.50. The molecule has 0 aromatic heterocycles. The number of hydrogen-bond donors (Lipinski definition) is 2. The zero-order valence-corrected chi connectivity index (χ0v) is 10.4. The third kappa shape index (κ3) is 3.67. The van der Waals surface area contributed by atoms with E-state index in [0.717, 1.165) is 6.42 Å². The second-order valence-electron chi connectivity index (χ2n) is 4.47. The molecule has 6 nitrogen and oxygen atoms in total. The molecule has 0 saturated carbocycles. The van der Waals surface area contributed by atoms with Crippen LogP contribution in [0.5, 0.6) is 0 Å². The Morgan fingerprint density at radius 2 is 2.18 bits per heavy atom. The Morgan fingerprint density at radius 3 is 2.71 bits per heavy atom. The lowest BCUT2D eigenvalue weighted by Crippen LogP contribution is -2.56. The average molecular weight is 243 g/mol. The van der Waals surface area contributed by atoms with Gasteiger partial charge in [-0.1, -0.05) is 6.92 Å². The minimum Gasteiger partial charge on any atom is -0.375 e. The monoisotopic (exact) mass is 243 g/mol. The van der Waals surface area contributed by atoms with Gasteiger partial charge < -0.3 is 21.1 Å². The third-order valence-corrected chi connectivity index (χ3v) is 2.96. The van der Waals surface area contributed by atoms with Crippen LogP contribution in [-0.4, -0.2) is 48.1 Å². The lowest BCUT2D eigenvalue weighted by molar-refractivity contribution is -0.146. The van der Waals surface area contributed by atoms with E-state index in [4.69, 9.17) is 16.2 Å². The molecule has 1 aliphatic rings. The number of ether oxygens (including phenoxy) is 1. The predicted octanol–water partition coefficient (Wildman–Crippen LogP) is -0.785. The summed E-state index contributed by atoms with van der Waals surface area (Å²) in [6, 6.07) is -0.801. The number of nitrogens with two attached hydrogens (primary N) is 2. The highest BCUT2D eigenvalue weighted by Gasteiger charge is 2.32. The van der Waals surface area contributed by atoms with Crippen LogP contribution in [0.4, 0.5) is 0 Å². The summed E-state index contributed by atoms with van der Waals surface area (Å²) in [6.07, 6.45) is 0.700. The van der Waals surface area contributed by atoms with Gasteiger partial charge in [-0.05, 0) is 13.3 Å². The molecule has 0 aliphatic carbocycles. The molecule has 98 valence electrons. The van der Waals surface area contributed by atoms with Crippen molar-refractivity contribution in [1.29, 1.82) is 0 Å². The smallest absolute Gasteiger partial charge is 0.240 e. The van der Waals surface area contributed by atoms with Crippen molar-refractivity contribution < 1.29 is 14.3 Å². The zero-order chi connectivity index (χ0) is 13.0. The van der Waals surface area contributed by atoms with Gasteiger partial charge in [-0.2, -0.15) is 0 Å². The molecule has 0 bridgehead atoms. The quantitative estimate of drug-likeness (QED) is 0.676. The van der Waals surface area contributed by atoms with Crippen LogP contribution in [0, 0.1) is 0 Å². The van der Waals surface area contributed by atoms with E-state index in [-0.39, 0.29) is 24.5 Å². The Kier molecular flexibility index (Phi) is 4.89. The van der Waals surface area contributed by atoms with E-state index >= 15 is 0 Å². The molecule has 3 atom stereocenters. The largest absolute Gasteiger partial charge is 0.375 e. The van der Waals surface area contributed by atoms with E-state index in [1.807, 2.05) is 13.8 Å². The summed E-state index contributed by atoms with van der Waals surface area (Å²) in [5.41, 5.74) is 10.7. The topological polar surface area (TPSA) is 98.7 Å². The van der Waals surface area contributed by atoms with Crippen LogP contribution in [0.3, 0.4) is 0 Å². The Bertz CT molecular complexity index is 296.